The Morgan fingerprint density at radius 1 is 1.44 bits per heavy atom. The molecule has 0 aliphatic carbocycles. The SMILES string of the molecule is COC(=O)c1c(-c2cnccn2)noc1C. The maximum absolute atomic E-state index is 11.5. The smallest absolute Gasteiger partial charge is 0.343 e. The topological polar surface area (TPSA) is 78.1 Å². The Balaban J connectivity index is 2.55. The van der Waals surface area contributed by atoms with Crippen LogP contribution in [0.15, 0.2) is 23.1 Å². The maximum Gasteiger partial charge on any atom is 0.343 e. The molecule has 82 valence electrons. The van der Waals surface area contributed by atoms with Crippen molar-refractivity contribution in [3.8, 4) is 11.4 Å². The van der Waals surface area contributed by atoms with E-state index in [-0.39, 0.29) is 5.56 Å². The fourth-order valence-corrected chi connectivity index (χ4v) is 1.31. The van der Waals surface area contributed by atoms with Gasteiger partial charge in [0, 0.05) is 12.4 Å². The van der Waals surface area contributed by atoms with E-state index in [1.165, 1.54) is 25.7 Å². The molecule has 2 rings (SSSR count). The van der Waals surface area contributed by atoms with Crippen LogP contribution in [0.25, 0.3) is 11.4 Å². The van der Waals surface area contributed by atoms with Crippen LogP contribution in [0.4, 0.5) is 0 Å². The van der Waals surface area contributed by atoms with Crippen molar-refractivity contribution in [2.75, 3.05) is 7.11 Å². The molecule has 0 unspecified atom stereocenters. The van der Waals surface area contributed by atoms with Gasteiger partial charge in [-0.05, 0) is 6.92 Å². The van der Waals surface area contributed by atoms with Crippen LogP contribution >= 0.6 is 0 Å². The molecule has 0 amide bonds. The molecule has 0 saturated heterocycles. The van der Waals surface area contributed by atoms with Crippen LogP contribution in [0.1, 0.15) is 16.1 Å². The molecule has 0 atom stereocenters. The third-order valence-corrected chi connectivity index (χ3v) is 2.06. The first kappa shape index (κ1) is 10.3. The molecule has 6 heteroatoms. The molecule has 0 spiro atoms. The minimum absolute atomic E-state index is 0.281. The normalized spacial score (nSPS) is 10.1. The molecule has 0 fully saturated rings. The molecule has 0 saturated carbocycles. The van der Waals surface area contributed by atoms with Gasteiger partial charge in [0.1, 0.15) is 22.7 Å². The number of hydrogen-bond acceptors (Lipinski definition) is 6. The van der Waals surface area contributed by atoms with Crippen molar-refractivity contribution in [1.82, 2.24) is 15.1 Å². The summed E-state index contributed by atoms with van der Waals surface area (Å²) in [4.78, 5) is 19.5. The second-order valence-electron chi connectivity index (χ2n) is 3.04. The average molecular weight is 219 g/mol. The van der Waals surface area contributed by atoms with Gasteiger partial charge < -0.3 is 9.26 Å². The van der Waals surface area contributed by atoms with Crippen molar-refractivity contribution in [3.05, 3.63) is 29.9 Å². The highest BCUT2D eigenvalue weighted by Gasteiger charge is 2.22. The Morgan fingerprint density at radius 3 is 2.88 bits per heavy atom. The lowest BCUT2D eigenvalue weighted by molar-refractivity contribution is 0.0599. The van der Waals surface area contributed by atoms with Gasteiger partial charge in [0.05, 0.1) is 13.3 Å². The minimum atomic E-state index is -0.501. The highest BCUT2D eigenvalue weighted by atomic mass is 16.5. The van der Waals surface area contributed by atoms with Crippen molar-refractivity contribution < 1.29 is 14.1 Å². The summed E-state index contributed by atoms with van der Waals surface area (Å²) >= 11 is 0. The van der Waals surface area contributed by atoms with Crippen molar-refractivity contribution >= 4 is 5.97 Å². The zero-order chi connectivity index (χ0) is 11.5. The molecule has 0 aromatic carbocycles. The van der Waals surface area contributed by atoms with Gasteiger partial charge in [0.2, 0.25) is 0 Å². The van der Waals surface area contributed by atoms with Crippen LogP contribution in [0.2, 0.25) is 0 Å². The number of ether oxygens (including phenoxy) is 1. The van der Waals surface area contributed by atoms with Crippen LogP contribution in [0.3, 0.4) is 0 Å². The summed E-state index contributed by atoms with van der Waals surface area (Å²) in [5.74, 6) is -0.105. The van der Waals surface area contributed by atoms with E-state index in [1.54, 1.807) is 6.92 Å². The van der Waals surface area contributed by atoms with E-state index in [9.17, 15) is 4.79 Å². The molecule has 0 aliphatic rings. The quantitative estimate of drug-likeness (QED) is 0.707. The predicted octanol–water partition coefficient (Wildman–Crippen LogP) is 1.23. The Bertz CT molecular complexity index is 507. The summed E-state index contributed by atoms with van der Waals surface area (Å²) in [6, 6.07) is 0. The second-order valence-corrected chi connectivity index (χ2v) is 3.04. The van der Waals surface area contributed by atoms with Crippen LogP contribution in [0, 0.1) is 6.92 Å². The minimum Gasteiger partial charge on any atom is -0.465 e. The molecule has 2 aromatic heterocycles. The summed E-state index contributed by atoms with van der Waals surface area (Å²) < 4.78 is 9.60. The van der Waals surface area contributed by atoms with Gasteiger partial charge in [0.15, 0.2) is 0 Å². The molecule has 0 N–H and O–H groups in total. The first-order valence-electron chi connectivity index (χ1n) is 4.55. The first-order chi connectivity index (χ1) is 7.74. The predicted molar refractivity (Wildman–Crippen MR) is 53.6 cm³/mol. The Kier molecular flexibility index (Phi) is 2.63. The molecular formula is C10H9N3O3. The molecular weight excluding hydrogens is 210 g/mol. The van der Waals surface area contributed by atoms with Gasteiger partial charge >= 0.3 is 5.97 Å². The summed E-state index contributed by atoms with van der Waals surface area (Å²) in [6.07, 6.45) is 4.55. The van der Waals surface area contributed by atoms with E-state index in [2.05, 4.69) is 19.9 Å². The molecule has 6 nitrogen and oxygen atoms in total. The van der Waals surface area contributed by atoms with Gasteiger partial charge in [0.25, 0.3) is 0 Å². The highest BCUT2D eigenvalue weighted by molar-refractivity contribution is 5.96. The number of hydrogen-bond donors (Lipinski definition) is 0. The van der Waals surface area contributed by atoms with Crippen molar-refractivity contribution in [2.45, 2.75) is 6.92 Å². The van der Waals surface area contributed by atoms with Crippen LogP contribution in [-0.2, 0) is 4.74 Å². The summed E-state index contributed by atoms with van der Waals surface area (Å²) in [5.41, 5.74) is 1.10. The number of nitrogens with zero attached hydrogens (tertiary/aromatic N) is 3. The number of rotatable bonds is 2. The third-order valence-electron chi connectivity index (χ3n) is 2.06. The lowest BCUT2D eigenvalue weighted by atomic mass is 10.1. The Morgan fingerprint density at radius 2 is 2.25 bits per heavy atom. The van der Waals surface area contributed by atoms with E-state index in [0.717, 1.165) is 0 Å². The Labute approximate surface area is 91.3 Å². The number of carbonyl (C=O) groups is 1. The number of aryl methyl sites for hydroxylation is 1. The van der Waals surface area contributed by atoms with E-state index >= 15 is 0 Å². The lowest BCUT2D eigenvalue weighted by Gasteiger charge is -1.98. The molecule has 2 heterocycles. The third kappa shape index (κ3) is 1.65. The zero-order valence-electron chi connectivity index (χ0n) is 8.80. The zero-order valence-corrected chi connectivity index (χ0v) is 8.80. The molecule has 2 aromatic rings. The molecule has 0 bridgehead atoms. The van der Waals surface area contributed by atoms with Crippen molar-refractivity contribution in [1.29, 1.82) is 0 Å². The second kappa shape index (κ2) is 4.09. The maximum atomic E-state index is 11.5. The molecule has 0 radical (unpaired) electrons. The van der Waals surface area contributed by atoms with E-state index in [1.807, 2.05) is 0 Å². The summed E-state index contributed by atoms with van der Waals surface area (Å²) in [5, 5.41) is 3.78. The fraction of sp³-hybridized carbons (Fsp3) is 0.200. The average Bonchev–Trinajstić information content (AvgIpc) is 2.71. The van der Waals surface area contributed by atoms with Crippen LogP contribution in [-0.4, -0.2) is 28.2 Å². The molecule has 0 aliphatic heterocycles. The van der Waals surface area contributed by atoms with Gasteiger partial charge in [-0.15, -0.1) is 0 Å². The van der Waals surface area contributed by atoms with Crippen LogP contribution < -0.4 is 0 Å². The number of carbonyl (C=O) groups excluding carboxylic acids is 1. The highest BCUT2D eigenvalue weighted by Crippen LogP contribution is 2.23. The standard InChI is InChI=1S/C10H9N3O3/c1-6-8(10(14)15-2)9(13-16-6)7-5-11-3-4-12-7/h3-5H,1-2H3. The van der Waals surface area contributed by atoms with Gasteiger partial charge in [-0.1, -0.05) is 5.16 Å². The first-order valence-corrected chi connectivity index (χ1v) is 4.55. The number of aromatic nitrogens is 3. The van der Waals surface area contributed by atoms with Crippen LogP contribution in [0.5, 0.6) is 0 Å². The summed E-state index contributed by atoms with van der Waals surface area (Å²) in [6.45, 7) is 1.64. The molecule has 16 heavy (non-hydrogen) atoms. The van der Waals surface area contributed by atoms with Gasteiger partial charge in [-0.3, -0.25) is 9.97 Å². The number of esters is 1. The Hall–Kier alpha value is -2.24. The van der Waals surface area contributed by atoms with E-state index < -0.39 is 5.97 Å². The largest absolute Gasteiger partial charge is 0.465 e. The summed E-state index contributed by atoms with van der Waals surface area (Å²) in [7, 11) is 1.30. The van der Waals surface area contributed by atoms with Crippen molar-refractivity contribution in [3.63, 3.8) is 0 Å². The van der Waals surface area contributed by atoms with E-state index in [4.69, 9.17) is 4.52 Å². The number of methoxy groups -OCH3 is 1. The van der Waals surface area contributed by atoms with Gasteiger partial charge in [-0.25, -0.2) is 4.79 Å². The monoisotopic (exact) mass is 219 g/mol. The van der Waals surface area contributed by atoms with E-state index in [0.29, 0.717) is 17.1 Å². The fourth-order valence-electron chi connectivity index (χ4n) is 1.31. The lowest BCUT2D eigenvalue weighted by Crippen LogP contribution is -2.04. The van der Waals surface area contributed by atoms with Gasteiger partial charge in [-0.2, -0.15) is 0 Å². The van der Waals surface area contributed by atoms with Crippen molar-refractivity contribution in [2.24, 2.45) is 0 Å².